The minimum Gasteiger partial charge on any atom is -0.609 e. The van der Waals surface area contributed by atoms with E-state index in [0.29, 0.717) is 22.8 Å². The molecule has 1 atom stereocenters. The van der Waals surface area contributed by atoms with Crippen LogP contribution in [0.15, 0.2) is 58.7 Å². The Morgan fingerprint density at radius 2 is 1.68 bits per heavy atom. The van der Waals surface area contributed by atoms with E-state index in [-0.39, 0.29) is 26.8 Å². The van der Waals surface area contributed by atoms with Crippen molar-refractivity contribution in [3.63, 3.8) is 0 Å². The smallest absolute Gasteiger partial charge is 0.573 e. The Balaban J connectivity index is 1.82. The van der Waals surface area contributed by atoms with E-state index in [1.54, 1.807) is 13.1 Å². The largest absolute Gasteiger partial charge is 0.609 e. The molecule has 0 aliphatic carbocycles. The summed E-state index contributed by atoms with van der Waals surface area (Å²) in [5, 5.41) is -0.287. The monoisotopic (exact) mass is 569 g/mol. The maximum Gasteiger partial charge on any atom is 0.573 e. The molecule has 0 aliphatic rings. The van der Waals surface area contributed by atoms with Crippen LogP contribution in [0, 0.1) is 13.8 Å². The second kappa shape index (κ2) is 10.3. The number of nitrogens with zero attached hydrogens (tertiary/aromatic N) is 3. The molecule has 0 saturated heterocycles. The third-order valence-corrected chi connectivity index (χ3v) is 8.66. The fourth-order valence-corrected chi connectivity index (χ4v) is 6.89. The number of rotatable bonds is 8. The van der Waals surface area contributed by atoms with E-state index in [9.17, 15) is 26.1 Å². The summed E-state index contributed by atoms with van der Waals surface area (Å²) in [6.45, 7) is 3.56. The molecule has 2 aromatic heterocycles. The molecular formula is C24H22F3N3O6S2. The number of methoxy groups -OCH3 is 2. The number of aromatic nitrogens is 3. The third-order valence-electron chi connectivity index (χ3n) is 5.61. The Kier molecular flexibility index (Phi) is 7.50. The SMILES string of the molecule is COc1ccc2c(c1)nc([S+]([O-])Cc1ncc(C)c(OC)c1C)n2S(=O)(=O)c1ccc(OC(F)(F)F)cc1. The summed E-state index contributed by atoms with van der Waals surface area (Å²) < 4.78 is 93.9. The summed E-state index contributed by atoms with van der Waals surface area (Å²) in [6, 6.07) is 8.14. The van der Waals surface area contributed by atoms with Gasteiger partial charge in [-0.25, -0.2) is 8.42 Å². The average Bonchev–Trinajstić information content (AvgIpc) is 3.25. The van der Waals surface area contributed by atoms with Gasteiger partial charge in [0.25, 0.3) is 10.0 Å². The Morgan fingerprint density at radius 1 is 1.03 bits per heavy atom. The van der Waals surface area contributed by atoms with Crippen molar-refractivity contribution < 1.29 is 40.4 Å². The number of benzene rings is 2. The molecule has 0 aliphatic heterocycles. The molecule has 0 radical (unpaired) electrons. The Bertz CT molecular complexity index is 1590. The van der Waals surface area contributed by atoms with Gasteiger partial charge >= 0.3 is 11.5 Å². The van der Waals surface area contributed by atoms with Crippen molar-refractivity contribution in [2.24, 2.45) is 0 Å². The third kappa shape index (κ3) is 5.37. The first-order valence-corrected chi connectivity index (χ1v) is 13.7. The van der Waals surface area contributed by atoms with Gasteiger partial charge in [-0.15, -0.1) is 13.2 Å². The Labute approximate surface area is 219 Å². The summed E-state index contributed by atoms with van der Waals surface area (Å²) in [6.07, 6.45) is -3.37. The highest BCUT2D eigenvalue weighted by Crippen LogP contribution is 2.32. The van der Waals surface area contributed by atoms with Gasteiger partial charge in [-0.2, -0.15) is 8.96 Å². The molecule has 0 amide bonds. The second-order valence-electron chi connectivity index (χ2n) is 8.07. The number of pyridine rings is 1. The number of aryl methyl sites for hydroxylation is 1. The highest BCUT2D eigenvalue weighted by Gasteiger charge is 2.34. The molecule has 1 unspecified atom stereocenters. The van der Waals surface area contributed by atoms with Gasteiger partial charge < -0.3 is 18.8 Å². The van der Waals surface area contributed by atoms with Gasteiger partial charge in [-0.05, 0) is 50.2 Å². The van der Waals surface area contributed by atoms with Crippen LogP contribution in [0.25, 0.3) is 11.0 Å². The Morgan fingerprint density at radius 3 is 2.29 bits per heavy atom. The van der Waals surface area contributed by atoms with E-state index < -0.39 is 33.3 Å². The minimum atomic E-state index is -4.94. The lowest BCUT2D eigenvalue weighted by atomic mass is 10.1. The van der Waals surface area contributed by atoms with Gasteiger partial charge in [-0.3, -0.25) is 4.98 Å². The molecule has 0 bridgehead atoms. The summed E-state index contributed by atoms with van der Waals surface area (Å²) in [5.74, 6) is 0.206. The van der Waals surface area contributed by atoms with Crippen LogP contribution in [-0.4, -0.2) is 47.5 Å². The van der Waals surface area contributed by atoms with Crippen molar-refractivity contribution in [3.05, 3.63) is 65.5 Å². The highest BCUT2D eigenvalue weighted by molar-refractivity contribution is 7.93. The molecule has 0 spiro atoms. The topological polar surface area (TPSA) is 116 Å². The van der Waals surface area contributed by atoms with Gasteiger partial charge in [-0.1, -0.05) is 0 Å². The van der Waals surface area contributed by atoms with E-state index in [1.165, 1.54) is 32.4 Å². The quantitative estimate of drug-likeness (QED) is 0.285. The van der Waals surface area contributed by atoms with Crippen molar-refractivity contribution >= 4 is 32.2 Å². The lowest BCUT2D eigenvalue weighted by Crippen LogP contribution is -2.21. The van der Waals surface area contributed by atoms with Crippen LogP contribution >= 0.6 is 0 Å². The van der Waals surface area contributed by atoms with Gasteiger partial charge in [0.1, 0.15) is 17.2 Å². The minimum absolute atomic E-state index is 0.107. The molecule has 2 aromatic carbocycles. The molecule has 0 saturated carbocycles. The number of alkyl halides is 3. The first-order valence-electron chi connectivity index (χ1n) is 10.9. The zero-order valence-corrected chi connectivity index (χ0v) is 22.2. The maximum absolute atomic E-state index is 13.7. The molecule has 2 heterocycles. The maximum atomic E-state index is 13.7. The number of fused-ring (bicyclic) bond motifs is 1. The van der Waals surface area contributed by atoms with Gasteiger partial charge in [0, 0.05) is 34.6 Å². The molecule has 9 nitrogen and oxygen atoms in total. The van der Waals surface area contributed by atoms with Crippen molar-refractivity contribution in [2.45, 2.75) is 36.0 Å². The van der Waals surface area contributed by atoms with E-state index >= 15 is 0 Å². The first kappa shape index (κ1) is 27.5. The van der Waals surface area contributed by atoms with Crippen LogP contribution < -0.4 is 14.2 Å². The van der Waals surface area contributed by atoms with E-state index in [1.807, 2.05) is 6.92 Å². The fourth-order valence-electron chi connectivity index (χ4n) is 3.84. The van der Waals surface area contributed by atoms with Crippen molar-refractivity contribution in [3.8, 4) is 17.2 Å². The zero-order valence-electron chi connectivity index (χ0n) is 20.6. The van der Waals surface area contributed by atoms with Crippen LogP contribution in [0.1, 0.15) is 16.8 Å². The average molecular weight is 570 g/mol. The number of hydrogen-bond acceptors (Lipinski definition) is 8. The van der Waals surface area contributed by atoms with E-state index in [0.717, 1.165) is 33.8 Å². The zero-order chi connectivity index (χ0) is 27.8. The molecule has 4 aromatic rings. The van der Waals surface area contributed by atoms with Crippen LogP contribution in [0.2, 0.25) is 0 Å². The van der Waals surface area contributed by atoms with Gasteiger partial charge in [0.15, 0.2) is 5.75 Å². The predicted octanol–water partition coefficient (Wildman–Crippen LogP) is 4.51. The molecule has 0 N–H and O–H groups in total. The molecule has 202 valence electrons. The van der Waals surface area contributed by atoms with Crippen LogP contribution in [0.3, 0.4) is 0 Å². The summed E-state index contributed by atoms with van der Waals surface area (Å²) in [5.41, 5.74) is 2.15. The lowest BCUT2D eigenvalue weighted by Gasteiger charge is -2.15. The standard InChI is InChI=1S/C24H22F3N3O6S2/c1-14-12-28-20(15(2)22(14)35-4)13-37(31)23-29-19-11-17(34-3)7-10-21(19)30(23)38(32,33)18-8-5-16(6-9-18)36-24(25,26)27/h5-12H,13H2,1-4H3. The van der Waals surface area contributed by atoms with Crippen molar-refractivity contribution in [2.75, 3.05) is 14.2 Å². The van der Waals surface area contributed by atoms with Crippen molar-refractivity contribution in [1.29, 1.82) is 0 Å². The molecule has 14 heteroatoms. The summed E-state index contributed by atoms with van der Waals surface area (Å²) in [4.78, 5) is 8.32. The van der Waals surface area contributed by atoms with E-state index in [4.69, 9.17) is 9.47 Å². The molecule has 38 heavy (non-hydrogen) atoms. The molecular weight excluding hydrogens is 547 g/mol. The first-order chi connectivity index (χ1) is 17.9. The number of ether oxygens (including phenoxy) is 3. The highest BCUT2D eigenvalue weighted by atomic mass is 32.2. The van der Waals surface area contributed by atoms with Crippen LogP contribution in [0.5, 0.6) is 17.2 Å². The number of imidazole rings is 1. The summed E-state index contributed by atoms with van der Waals surface area (Å²) in [7, 11) is -1.53. The van der Waals surface area contributed by atoms with Gasteiger partial charge in [0.2, 0.25) is 0 Å². The fraction of sp³-hybridized carbons (Fsp3) is 0.250. The van der Waals surface area contributed by atoms with Crippen molar-refractivity contribution in [1.82, 2.24) is 13.9 Å². The van der Waals surface area contributed by atoms with Crippen LogP contribution in [-0.2, 0) is 27.0 Å². The Hall–Kier alpha value is -3.49. The normalized spacial score (nSPS) is 12.9. The molecule has 4 rings (SSSR count). The second-order valence-corrected chi connectivity index (χ2v) is 11.2. The lowest BCUT2D eigenvalue weighted by molar-refractivity contribution is -0.274. The summed E-state index contributed by atoms with van der Waals surface area (Å²) >= 11 is -2.01. The van der Waals surface area contributed by atoms with E-state index in [2.05, 4.69) is 14.7 Å². The van der Waals surface area contributed by atoms with Gasteiger partial charge in [0.05, 0.1) is 35.8 Å². The predicted molar refractivity (Wildman–Crippen MR) is 132 cm³/mol. The van der Waals surface area contributed by atoms with Crippen LogP contribution in [0.4, 0.5) is 13.2 Å². The number of halogens is 3. The molecule has 0 fully saturated rings. The number of hydrogen-bond donors (Lipinski definition) is 0.